The van der Waals surface area contributed by atoms with Crippen LogP contribution < -0.4 is 0 Å². The molecule has 0 fully saturated rings. The highest BCUT2D eigenvalue weighted by Gasteiger charge is 2.17. The van der Waals surface area contributed by atoms with Crippen molar-refractivity contribution in [1.82, 2.24) is 0 Å². The molecule has 0 spiro atoms. The number of rotatable bonds is 5. The van der Waals surface area contributed by atoms with Crippen molar-refractivity contribution in [2.45, 2.75) is 46.0 Å². The highest BCUT2D eigenvalue weighted by Crippen LogP contribution is 2.33. The molecule has 0 nitrogen and oxygen atoms in total. The Bertz CT molecular complexity index is 790. The van der Waals surface area contributed by atoms with Gasteiger partial charge in [-0.2, -0.15) is 0 Å². The Kier molecular flexibility index (Phi) is 5.38. The Morgan fingerprint density at radius 1 is 0.600 bits per heavy atom. The maximum Gasteiger partial charge on any atom is 0.0339 e. The fraction of sp³-hybridized carbons (Fsp3) is 0.280. The van der Waals surface area contributed by atoms with Gasteiger partial charge < -0.3 is 0 Å². The van der Waals surface area contributed by atoms with Crippen LogP contribution in [-0.4, -0.2) is 0 Å². The molecule has 0 aliphatic carbocycles. The molecule has 0 aromatic heterocycles. The van der Waals surface area contributed by atoms with E-state index in [1.807, 2.05) is 0 Å². The number of hydrogen-bond donors (Lipinski definition) is 0. The van der Waals surface area contributed by atoms with Crippen molar-refractivity contribution in [1.29, 1.82) is 0 Å². The molecule has 0 amide bonds. The summed E-state index contributed by atoms with van der Waals surface area (Å²) in [5.74, 6) is 0.850. The molecule has 1 atom stereocenters. The van der Waals surface area contributed by atoms with Crippen LogP contribution in [0.25, 0.3) is 0 Å². The molecule has 25 heavy (non-hydrogen) atoms. The molecule has 3 aromatic rings. The third-order valence-corrected chi connectivity index (χ3v) is 5.07. The molecule has 0 heteroatoms. The van der Waals surface area contributed by atoms with Gasteiger partial charge in [0.1, 0.15) is 0 Å². The lowest BCUT2D eigenvalue weighted by Crippen LogP contribution is -2.04. The zero-order valence-electron chi connectivity index (χ0n) is 15.8. The SMILES string of the molecule is CCc1ccc(C(c2ccc(C)cc2)c2ccc(C(C)C)cc2)cc1. The van der Waals surface area contributed by atoms with E-state index in [9.17, 15) is 0 Å². The average molecular weight is 328 g/mol. The van der Waals surface area contributed by atoms with Crippen molar-refractivity contribution in [3.8, 4) is 0 Å². The van der Waals surface area contributed by atoms with E-state index >= 15 is 0 Å². The molecule has 3 aromatic carbocycles. The smallest absolute Gasteiger partial charge is 0.0339 e. The molecule has 0 N–H and O–H groups in total. The quantitative estimate of drug-likeness (QED) is 0.449. The molecule has 0 saturated carbocycles. The summed E-state index contributed by atoms with van der Waals surface area (Å²) in [4.78, 5) is 0. The molecule has 0 radical (unpaired) electrons. The number of aryl methyl sites for hydroxylation is 2. The van der Waals surface area contributed by atoms with E-state index in [1.54, 1.807) is 0 Å². The second-order valence-electron chi connectivity index (χ2n) is 7.26. The van der Waals surface area contributed by atoms with Gasteiger partial charge in [-0.15, -0.1) is 0 Å². The van der Waals surface area contributed by atoms with Gasteiger partial charge in [0.25, 0.3) is 0 Å². The van der Waals surface area contributed by atoms with Crippen molar-refractivity contribution in [3.63, 3.8) is 0 Å². The molecule has 0 aliphatic heterocycles. The first-order chi connectivity index (χ1) is 12.1. The second kappa shape index (κ2) is 7.70. The Morgan fingerprint density at radius 2 is 1.00 bits per heavy atom. The molecule has 0 aliphatic rings. The van der Waals surface area contributed by atoms with Crippen LogP contribution in [0.1, 0.15) is 66.0 Å². The zero-order valence-corrected chi connectivity index (χ0v) is 15.8. The normalized spacial score (nSPS) is 12.4. The van der Waals surface area contributed by atoms with E-state index in [0.29, 0.717) is 5.92 Å². The standard InChI is InChI=1S/C25H28/c1-5-20-8-12-23(13-9-20)25(22-10-6-19(4)7-11-22)24-16-14-21(15-17-24)18(2)3/h6-18,25H,5H2,1-4H3. The lowest BCUT2D eigenvalue weighted by molar-refractivity contribution is 0.862. The lowest BCUT2D eigenvalue weighted by Gasteiger charge is -2.20. The summed E-state index contributed by atoms with van der Waals surface area (Å²) in [7, 11) is 0. The van der Waals surface area contributed by atoms with Crippen LogP contribution in [0.15, 0.2) is 72.8 Å². The van der Waals surface area contributed by atoms with Crippen LogP contribution in [-0.2, 0) is 6.42 Å². The predicted octanol–water partition coefficient (Wildman–Crippen LogP) is 6.86. The Balaban J connectivity index is 2.05. The van der Waals surface area contributed by atoms with Gasteiger partial charge in [-0.25, -0.2) is 0 Å². The Hall–Kier alpha value is -2.34. The van der Waals surface area contributed by atoms with Gasteiger partial charge in [0.2, 0.25) is 0 Å². The Labute approximate surface area is 152 Å². The number of benzene rings is 3. The third kappa shape index (κ3) is 4.02. The second-order valence-corrected chi connectivity index (χ2v) is 7.26. The molecule has 3 rings (SSSR count). The lowest BCUT2D eigenvalue weighted by atomic mass is 9.84. The van der Waals surface area contributed by atoms with Gasteiger partial charge >= 0.3 is 0 Å². The Morgan fingerprint density at radius 3 is 1.44 bits per heavy atom. The minimum absolute atomic E-state index is 0.285. The van der Waals surface area contributed by atoms with E-state index in [-0.39, 0.29) is 5.92 Å². The van der Waals surface area contributed by atoms with Crippen LogP contribution in [0.5, 0.6) is 0 Å². The van der Waals surface area contributed by atoms with E-state index in [4.69, 9.17) is 0 Å². The first-order valence-electron chi connectivity index (χ1n) is 9.33. The average Bonchev–Trinajstić information content (AvgIpc) is 2.64. The van der Waals surface area contributed by atoms with Gasteiger partial charge in [-0.05, 0) is 47.1 Å². The van der Waals surface area contributed by atoms with Crippen LogP contribution in [0.3, 0.4) is 0 Å². The minimum atomic E-state index is 0.285. The summed E-state index contributed by atoms with van der Waals surface area (Å²) in [6, 6.07) is 27.2. The van der Waals surface area contributed by atoms with E-state index < -0.39 is 0 Å². The topological polar surface area (TPSA) is 0 Å². The number of hydrogen-bond acceptors (Lipinski definition) is 0. The molecular formula is C25H28. The molecule has 0 bridgehead atoms. The van der Waals surface area contributed by atoms with Gasteiger partial charge in [-0.3, -0.25) is 0 Å². The fourth-order valence-electron chi connectivity index (χ4n) is 3.36. The molecule has 0 saturated heterocycles. The fourth-order valence-corrected chi connectivity index (χ4v) is 3.36. The summed E-state index contributed by atoms with van der Waals surface area (Å²) in [6.07, 6.45) is 1.08. The zero-order chi connectivity index (χ0) is 17.8. The van der Waals surface area contributed by atoms with E-state index in [1.165, 1.54) is 33.4 Å². The van der Waals surface area contributed by atoms with Crippen LogP contribution >= 0.6 is 0 Å². The monoisotopic (exact) mass is 328 g/mol. The largest absolute Gasteiger partial charge is 0.0613 e. The molecule has 1 unspecified atom stereocenters. The van der Waals surface area contributed by atoms with Gasteiger partial charge in [0, 0.05) is 5.92 Å². The van der Waals surface area contributed by atoms with Gasteiger partial charge in [0.15, 0.2) is 0 Å². The maximum absolute atomic E-state index is 2.30. The molecule has 128 valence electrons. The predicted molar refractivity (Wildman–Crippen MR) is 108 cm³/mol. The van der Waals surface area contributed by atoms with E-state index in [2.05, 4.69) is 100 Å². The van der Waals surface area contributed by atoms with E-state index in [0.717, 1.165) is 6.42 Å². The van der Waals surface area contributed by atoms with Crippen LogP contribution in [0.2, 0.25) is 0 Å². The first kappa shape index (κ1) is 17.5. The van der Waals surface area contributed by atoms with Crippen molar-refractivity contribution in [3.05, 3.63) is 106 Å². The summed E-state index contributed by atoms with van der Waals surface area (Å²) >= 11 is 0. The summed E-state index contributed by atoms with van der Waals surface area (Å²) < 4.78 is 0. The van der Waals surface area contributed by atoms with Crippen molar-refractivity contribution in [2.24, 2.45) is 0 Å². The summed E-state index contributed by atoms with van der Waals surface area (Å²) in [5, 5.41) is 0. The van der Waals surface area contributed by atoms with Crippen LogP contribution in [0.4, 0.5) is 0 Å². The van der Waals surface area contributed by atoms with Crippen LogP contribution in [0, 0.1) is 6.92 Å². The van der Waals surface area contributed by atoms with Crippen molar-refractivity contribution in [2.75, 3.05) is 0 Å². The van der Waals surface area contributed by atoms with Crippen molar-refractivity contribution < 1.29 is 0 Å². The minimum Gasteiger partial charge on any atom is -0.0613 e. The highest BCUT2D eigenvalue weighted by molar-refractivity contribution is 5.45. The summed E-state index contributed by atoms with van der Waals surface area (Å²) in [5.41, 5.74) is 8.16. The summed E-state index contributed by atoms with van der Waals surface area (Å²) in [6.45, 7) is 8.84. The first-order valence-corrected chi connectivity index (χ1v) is 9.33. The maximum atomic E-state index is 2.30. The van der Waals surface area contributed by atoms with Gasteiger partial charge in [-0.1, -0.05) is 99.1 Å². The van der Waals surface area contributed by atoms with Gasteiger partial charge in [0.05, 0.1) is 0 Å². The molecular weight excluding hydrogens is 300 g/mol. The van der Waals surface area contributed by atoms with Crippen molar-refractivity contribution >= 4 is 0 Å². The highest BCUT2D eigenvalue weighted by atomic mass is 14.2. The molecule has 0 heterocycles. The third-order valence-electron chi connectivity index (χ3n) is 5.07.